The van der Waals surface area contributed by atoms with E-state index < -0.39 is 6.03 Å². The molecule has 1 unspecified atom stereocenters. The van der Waals surface area contributed by atoms with Gasteiger partial charge in [-0.2, -0.15) is 0 Å². The monoisotopic (exact) mass is 372 g/mol. The molecule has 7 heteroatoms. The number of rotatable bonds is 6. The predicted octanol–water partition coefficient (Wildman–Crippen LogP) is 1.30. The normalized spacial score (nSPS) is 21.4. The summed E-state index contributed by atoms with van der Waals surface area (Å²) in [5, 5.41) is 2.92. The van der Waals surface area contributed by atoms with E-state index in [-0.39, 0.29) is 24.9 Å². The SMILES string of the molecule is CN1CC(=O)N(CC(=O)NCC2CCCCN(Cc3ccccc3)C2)C1=O. The molecule has 0 bridgehead atoms. The van der Waals surface area contributed by atoms with E-state index in [1.165, 1.54) is 16.9 Å². The van der Waals surface area contributed by atoms with Gasteiger partial charge in [0.15, 0.2) is 0 Å². The zero-order valence-electron chi connectivity index (χ0n) is 15.9. The minimum Gasteiger partial charge on any atom is -0.354 e. The van der Waals surface area contributed by atoms with Gasteiger partial charge in [0, 0.05) is 26.7 Å². The van der Waals surface area contributed by atoms with Gasteiger partial charge in [0.1, 0.15) is 13.1 Å². The van der Waals surface area contributed by atoms with Gasteiger partial charge in [0.25, 0.3) is 5.91 Å². The quantitative estimate of drug-likeness (QED) is 0.764. The highest BCUT2D eigenvalue weighted by molar-refractivity contribution is 6.04. The molecule has 1 aromatic rings. The van der Waals surface area contributed by atoms with Crippen LogP contribution in [0.4, 0.5) is 4.79 Å². The molecule has 2 heterocycles. The van der Waals surface area contributed by atoms with Crippen molar-refractivity contribution in [3.05, 3.63) is 35.9 Å². The first-order valence-corrected chi connectivity index (χ1v) is 9.61. The van der Waals surface area contributed by atoms with Crippen LogP contribution in [0.2, 0.25) is 0 Å². The van der Waals surface area contributed by atoms with Gasteiger partial charge in [0.2, 0.25) is 5.91 Å². The smallest absolute Gasteiger partial charge is 0.327 e. The molecule has 0 spiro atoms. The van der Waals surface area contributed by atoms with E-state index in [2.05, 4.69) is 34.5 Å². The summed E-state index contributed by atoms with van der Waals surface area (Å²) in [6, 6.07) is 10.0. The minimum atomic E-state index is -0.404. The van der Waals surface area contributed by atoms with Gasteiger partial charge in [0.05, 0.1) is 0 Å². The molecule has 2 saturated heterocycles. The number of nitrogens with zero attached hydrogens (tertiary/aromatic N) is 3. The molecule has 2 aliphatic heterocycles. The zero-order valence-corrected chi connectivity index (χ0v) is 15.9. The Morgan fingerprint density at radius 3 is 2.67 bits per heavy atom. The van der Waals surface area contributed by atoms with Gasteiger partial charge < -0.3 is 10.2 Å². The standard InChI is InChI=1S/C20H28N4O3/c1-22-15-19(26)24(20(22)27)14-18(25)21-11-17-9-5-6-10-23(13-17)12-16-7-3-2-4-8-16/h2-4,7-8,17H,5-6,9-15H2,1H3,(H,21,25). The van der Waals surface area contributed by atoms with Crippen molar-refractivity contribution in [3.8, 4) is 0 Å². The summed E-state index contributed by atoms with van der Waals surface area (Å²) < 4.78 is 0. The third kappa shape index (κ3) is 5.29. The third-order valence-electron chi connectivity index (χ3n) is 5.22. The summed E-state index contributed by atoms with van der Waals surface area (Å²) in [7, 11) is 1.56. The highest BCUT2D eigenvalue weighted by Crippen LogP contribution is 2.18. The lowest BCUT2D eigenvalue weighted by molar-refractivity contribution is -0.130. The van der Waals surface area contributed by atoms with E-state index in [4.69, 9.17) is 0 Å². The molecule has 1 N–H and O–H groups in total. The lowest BCUT2D eigenvalue weighted by Gasteiger charge is -2.25. The van der Waals surface area contributed by atoms with Crippen LogP contribution in [0.15, 0.2) is 30.3 Å². The van der Waals surface area contributed by atoms with Crippen LogP contribution >= 0.6 is 0 Å². The number of hydrogen-bond donors (Lipinski definition) is 1. The number of nitrogens with one attached hydrogen (secondary N) is 1. The fourth-order valence-corrected chi connectivity index (χ4v) is 3.75. The molecule has 4 amide bonds. The van der Waals surface area contributed by atoms with Gasteiger partial charge in [-0.1, -0.05) is 36.8 Å². The van der Waals surface area contributed by atoms with E-state index in [0.717, 1.165) is 37.4 Å². The fraction of sp³-hybridized carbons (Fsp3) is 0.550. The van der Waals surface area contributed by atoms with Crippen LogP contribution in [0.25, 0.3) is 0 Å². The Kier molecular flexibility index (Phi) is 6.45. The van der Waals surface area contributed by atoms with Gasteiger partial charge in [-0.15, -0.1) is 0 Å². The molecule has 2 aliphatic rings. The average Bonchev–Trinajstić information content (AvgIpc) is 2.82. The van der Waals surface area contributed by atoms with Crippen LogP contribution in [-0.2, 0) is 16.1 Å². The summed E-state index contributed by atoms with van der Waals surface area (Å²) in [5.74, 6) is -0.208. The van der Waals surface area contributed by atoms with Gasteiger partial charge >= 0.3 is 6.03 Å². The van der Waals surface area contributed by atoms with E-state index in [9.17, 15) is 14.4 Å². The number of imide groups is 1. The Labute approximate surface area is 160 Å². The topological polar surface area (TPSA) is 73.0 Å². The van der Waals surface area contributed by atoms with Gasteiger partial charge in [-0.3, -0.25) is 19.4 Å². The highest BCUT2D eigenvalue weighted by atomic mass is 16.2. The third-order valence-corrected chi connectivity index (χ3v) is 5.22. The number of amides is 4. The number of likely N-dealkylation sites (tertiary alicyclic amines) is 1. The maximum atomic E-state index is 12.2. The maximum absolute atomic E-state index is 12.2. The molecule has 7 nitrogen and oxygen atoms in total. The lowest BCUT2D eigenvalue weighted by Crippen LogP contribution is -2.43. The van der Waals surface area contributed by atoms with Crippen molar-refractivity contribution in [3.63, 3.8) is 0 Å². The van der Waals surface area contributed by atoms with Crippen LogP contribution in [0.5, 0.6) is 0 Å². The second-order valence-corrected chi connectivity index (χ2v) is 7.51. The molecule has 27 heavy (non-hydrogen) atoms. The summed E-state index contributed by atoms with van der Waals surface area (Å²) in [6.07, 6.45) is 3.40. The van der Waals surface area contributed by atoms with Crippen molar-refractivity contribution in [2.75, 3.05) is 39.8 Å². The van der Waals surface area contributed by atoms with Crippen molar-refractivity contribution in [1.82, 2.24) is 20.0 Å². The maximum Gasteiger partial charge on any atom is 0.327 e. The summed E-state index contributed by atoms with van der Waals surface area (Å²) in [4.78, 5) is 40.6. The largest absolute Gasteiger partial charge is 0.354 e. The second-order valence-electron chi connectivity index (χ2n) is 7.51. The number of likely N-dealkylation sites (N-methyl/N-ethyl adjacent to an activating group) is 1. The molecule has 146 valence electrons. The Morgan fingerprint density at radius 2 is 1.96 bits per heavy atom. The number of benzene rings is 1. The van der Waals surface area contributed by atoms with E-state index in [0.29, 0.717) is 12.5 Å². The van der Waals surface area contributed by atoms with Crippen LogP contribution < -0.4 is 5.32 Å². The van der Waals surface area contributed by atoms with Gasteiger partial charge in [-0.25, -0.2) is 4.79 Å². The van der Waals surface area contributed by atoms with Crippen molar-refractivity contribution in [2.45, 2.75) is 25.8 Å². The number of carbonyl (C=O) groups excluding carboxylic acids is 3. The van der Waals surface area contributed by atoms with Crippen LogP contribution in [-0.4, -0.2) is 72.3 Å². The van der Waals surface area contributed by atoms with Crippen molar-refractivity contribution in [1.29, 1.82) is 0 Å². The van der Waals surface area contributed by atoms with Gasteiger partial charge in [-0.05, 0) is 30.9 Å². The Bertz CT molecular complexity index is 679. The molecular formula is C20H28N4O3. The summed E-state index contributed by atoms with van der Waals surface area (Å²) in [6.45, 7) is 3.37. The van der Waals surface area contributed by atoms with Crippen molar-refractivity contribution in [2.24, 2.45) is 5.92 Å². The molecule has 1 aromatic carbocycles. The average molecular weight is 372 g/mol. The van der Waals surface area contributed by atoms with Crippen LogP contribution in [0.3, 0.4) is 0 Å². The Hall–Kier alpha value is -2.41. The van der Waals surface area contributed by atoms with Crippen LogP contribution in [0.1, 0.15) is 24.8 Å². The first-order chi connectivity index (χ1) is 13.0. The minimum absolute atomic E-state index is 0.0448. The summed E-state index contributed by atoms with van der Waals surface area (Å²) in [5.41, 5.74) is 1.30. The number of hydrogen-bond acceptors (Lipinski definition) is 4. The molecule has 0 saturated carbocycles. The molecule has 0 aromatic heterocycles. The highest BCUT2D eigenvalue weighted by Gasteiger charge is 2.34. The Morgan fingerprint density at radius 1 is 1.19 bits per heavy atom. The molecule has 0 aliphatic carbocycles. The first-order valence-electron chi connectivity index (χ1n) is 9.61. The number of urea groups is 1. The summed E-state index contributed by atoms with van der Waals surface area (Å²) >= 11 is 0. The zero-order chi connectivity index (χ0) is 19.2. The van der Waals surface area contributed by atoms with Crippen molar-refractivity contribution < 1.29 is 14.4 Å². The molecular weight excluding hydrogens is 344 g/mol. The Balaban J connectivity index is 1.47. The molecule has 2 fully saturated rings. The van der Waals surface area contributed by atoms with Crippen molar-refractivity contribution >= 4 is 17.8 Å². The molecule has 1 atom stereocenters. The molecule has 3 rings (SSSR count). The second kappa shape index (κ2) is 8.99. The van der Waals surface area contributed by atoms with E-state index in [1.54, 1.807) is 7.05 Å². The van der Waals surface area contributed by atoms with E-state index >= 15 is 0 Å². The molecule has 0 radical (unpaired) electrons. The number of carbonyl (C=O) groups is 3. The lowest BCUT2D eigenvalue weighted by atomic mass is 10.0. The van der Waals surface area contributed by atoms with E-state index in [1.807, 2.05) is 6.07 Å². The first kappa shape index (κ1) is 19.4. The fourth-order valence-electron chi connectivity index (χ4n) is 3.75. The predicted molar refractivity (Wildman–Crippen MR) is 102 cm³/mol. The van der Waals surface area contributed by atoms with Crippen LogP contribution in [0, 0.1) is 5.92 Å².